The maximum Gasteiger partial charge on any atom is 0.320 e. The summed E-state index contributed by atoms with van der Waals surface area (Å²) in [5.74, 6) is -0.232. The molecular weight excluding hydrogens is 332 g/mol. The molecule has 0 spiro atoms. The van der Waals surface area contributed by atoms with E-state index in [2.05, 4.69) is 15.2 Å². The summed E-state index contributed by atoms with van der Waals surface area (Å²) in [6.07, 6.45) is 2.62. The number of piperidine rings is 1. The number of likely N-dealkylation sites (tertiary alicyclic amines) is 1. The van der Waals surface area contributed by atoms with Crippen molar-refractivity contribution < 1.29 is 9.90 Å². The average Bonchev–Trinajstić information content (AvgIpc) is 2.62. The van der Waals surface area contributed by atoms with Gasteiger partial charge in [0.05, 0.1) is 5.69 Å². The molecule has 0 radical (unpaired) electrons. The molecule has 5 N–H and O–H groups in total. The van der Waals surface area contributed by atoms with E-state index in [1.807, 2.05) is 29.2 Å². The number of pyridine rings is 1. The van der Waals surface area contributed by atoms with Crippen molar-refractivity contribution in [3.05, 3.63) is 42.0 Å². The molecule has 2 aromatic rings. The Morgan fingerprint density at radius 1 is 1.15 bits per heavy atom. The fourth-order valence-electron chi connectivity index (χ4n) is 3.10. The highest BCUT2D eigenvalue weighted by molar-refractivity contribution is 5.73. The lowest BCUT2D eigenvalue weighted by Crippen LogP contribution is -2.44. The van der Waals surface area contributed by atoms with Crippen molar-refractivity contribution in [1.82, 2.24) is 9.88 Å². The van der Waals surface area contributed by atoms with Crippen LogP contribution in [0.2, 0.25) is 0 Å². The van der Waals surface area contributed by atoms with Gasteiger partial charge < -0.3 is 16.6 Å². The highest BCUT2D eigenvalue weighted by Crippen LogP contribution is 2.28. The van der Waals surface area contributed by atoms with E-state index in [0.29, 0.717) is 30.2 Å². The van der Waals surface area contributed by atoms with Gasteiger partial charge in [-0.2, -0.15) is 5.11 Å². The molecule has 3 rings (SSSR count). The molecule has 8 heteroatoms. The van der Waals surface area contributed by atoms with Crippen LogP contribution in [0.5, 0.6) is 0 Å². The number of benzene rings is 1. The fraction of sp³-hybridized carbons (Fsp3) is 0.333. The second kappa shape index (κ2) is 7.92. The first kappa shape index (κ1) is 17.8. The summed E-state index contributed by atoms with van der Waals surface area (Å²) < 4.78 is 0. The summed E-state index contributed by atoms with van der Waals surface area (Å²) in [5.41, 5.74) is 13.4. The van der Waals surface area contributed by atoms with Gasteiger partial charge in [-0.1, -0.05) is 24.6 Å². The Labute approximate surface area is 151 Å². The van der Waals surface area contributed by atoms with Crippen molar-refractivity contribution in [3.8, 4) is 0 Å². The standard InChI is InChI=1S/C18H22N6O2/c19-16-9-8-14(17(20)21-16)23-22-13-6-2-1-5-12(13)11-24-10-4-3-7-15(24)18(25)26/h1-2,5-6,8-9,15H,3-4,7,10-11H2,(H,25,26)(H4,19,20,21). The Hall–Kier alpha value is -3.00. The van der Waals surface area contributed by atoms with Crippen LogP contribution in [-0.4, -0.2) is 33.5 Å². The lowest BCUT2D eigenvalue weighted by molar-refractivity contribution is -0.144. The van der Waals surface area contributed by atoms with Crippen LogP contribution in [0.4, 0.5) is 23.0 Å². The molecule has 0 aliphatic carbocycles. The molecule has 1 saturated heterocycles. The summed E-state index contributed by atoms with van der Waals surface area (Å²) in [6.45, 7) is 1.28. The SMILES string of the molecule is Nc1ccc(N=Nc2ccccc2CN2CCCCC2C(=O)O)c(N)n1. The molecule has 1 aromatic carbocycles. The maximum atomic E-state index is 11.5. The van der Waals surface area contributed by atoms with E-state index in [1.165, 1.54) is 0 Å². The molecule has 0 amide bonds. The predicted octanol–water partition coefficient (Wildman–Crippen LogP) is 3.10. The highest BCUT2D eigenvalue weighted by Gasteiger charge is 2.28. The van der Waals surface area contributed by atoms with E-state index in [1.54, 1.807) is 12.1 Å². The molecule has 136 valence electrons. The molecular formula is C18H22N6O2. The molecule has 1 aliphatic rings. The number of nitrogen functional groups attached to an aromatic ring is 2. The number of azo groups is 1. The van der Waals surface area contributed by atoms with Gasteiger partial charge in [-0.05, 0) is 43.1 Å². The molecule has 1 fully saturated rings. The Morgan fingerprint density at radius 2 is 1.92 bits per heavy atom. The first-order valence-corrected chi connectivity index (χ1v) is 8.53. The predicted molar refractivity (Wildman–Crippen MR) is 99.4 cm³/mol. The number of nitrogens with two attached hydrogens (primary N) is 2. The van der Waals surface area contributed by atoms with Gasteiger partial charge in [0, 0.05) is 6.54 Å². The zero-order valence-electron chi connectivity index (χ0n) is 14.4. The zero-order valence-corrected chi connectivity index (χ0v) is 14.4. The van der Waals surface area contributed by atoms with Crippen LogP contribution in [0.15, 0.2) is 46.6 Å². The summed E-state index contributed by atoms with van der Waals surface area (Å²) in [7, 11) is 0. The van der Waals surface area contributed by atoms with E-state index in [0.717, 1.165) is 24.9 Å². The van der Waals surface area contributed by atoms with Crippen molar-refractivity contribution in [2.24, 2.45) is 10.2 Å². The van der Waals surface area contributed by atoms with Crippen LogP contribution in [0.1, 0.15) is 24.8 Å². The molecule has 2 heterocycles. The van der Waals surface area contributed by atoms with Gasteiger partial charge in [-0.25, -0.2) is 4.98 Å². The smallest absolute Gasteiger partial charge is 0.320 e. The van der Waals surface area contributed by atoms with Crippen LogP contribution in [-0.2, 0) is 11.3 Å². The molecule has 26 heavy (non-hydrogen) atoms. The van der Waals surface area contributed by atoms with Crippen LogP contribution in [0.3, 0.4) is 0 Å². The van der Waals surface area contributed by atoms with Crippen molar-refractivity contribution in [2.45, 2.75) is 31.8 Å². The average molecular weight is 354 g/mol. The lowest BCUT2D eigenvalue weighted by atomic mass is 10.0. The number of hydrogen-bond donors (Lipinski definition) is 3. The van der Waals surface area contributed by atoms with Crippen LogP contribution < -0.4 is 11.5 Å². The third-order valence-electron chi connectivity index (χ3n) is 4.45. The number of rotatable bonds is 5. The summed E-state index contributed by atoms with van der Waals surface area (Å²) >= 11 is 0. The number of carbonyl (C=O) groups is 1. The minimum Gasteiger partial charge on any atom is -0.480 e. The zero-order chi connectivity index (χ0) is 18.5. The minimum absolute atomic E-state index is 0.216. The second-order valence-electron chi connectivity index (χ2n) is 6.29. The molecule has 8 nitrogen and oxygen atoms in total. The number of carboxylic acid groups (broad SMARTS) is 1. The summed E-state index contributed by atoms with van der Waals surface area (Å²) in [6, 6.07) is 10.4. The number of nitrogens with zero attached hydrogens (tertiary/aromatic N) is 4. The number of aromatic nitrogens is 1. The number of anilines is 2. The van der Waals surface area contributed by atoms with Crippen molar-refractivity contribution in [3.63, 3.8) is 0 Å². The van der Waals surface area contributed by atoms with Gasteiger partial charge in [0.1, 0.15) is 17.5 Å². The third kappa shape index (κ3) is 4.15. The Morgan fingerprint density at radius 3 is 2.69 bits per heavy atom. The van der Waals surface area contributed by atoms with Crippen molar-refractivity contribution >= 4 is 29.0 Å². The molecule has 1 aromatic heterocycles. The van der Waals surface area contributed by atoms with Crippen LogP contribution in [0.25, 0.3) is 0 Å². The van der Waals surface area contributed by atoms with E-state index in [4.69, 9.17) is 11.5 Å². The van der Waals surface area contributed by atoms with E-state index < -0.39 is 12.0 Å². The van der Waals surface area contributed by atoms with Crippen molar-refractivity contribution in [1.29, 1.82) is 0 Å². The Balaban J connectivity index is 1.81. The Bertz CT molecular complexity index is 823. The third-order valence-corrected chi connectivity index (χ3v) is 4.45. The number of hydrogen-bond acceptors (Lipinski definition) is 7. The first-order valence-electron chi connectivity index (χ1n) is 8.53. The molecule has 0 saturated carbocycles. The molecule has 1 atom stereocenters. The second-order valence-corrected chi connectivity index (χ2v) is 6.29. The first-order chi connectivity index (χ1) is 12.5. The van der Waals surface area contributed by atoms with Gasteiger partial charge in [0.2, 0.25) is 0 Å². The molecule has 1 aliphatic heterocycles. The number of carboxylic acids is 1. The minimum atomic E-state index is -0.774. The quantitative estimate of drug-likeness (QED) is 0.707. The van der Waals surface area contributed by atoms with Crippen LogP contribution in [0, 0.1) is 0 Å². The monoisotopic (exact) mass is 354 g/mol. The van der Waals surface area contributed by atoms with E-state index in [-0.39, 0.29) is 5.82 Å². The van der Waals surface area contributed by atoms with E-state index in [9.17, 15) is 9.90 Å². The number of aliphatic carboxylic acids is 1. The Kier molecular flexibility index (Phi) is 5.43. The highest BCUT2D eigenvalue weighted by atomic mass is 16.4. The van der Waals surface area contributed by atoms with Gasteiger partial charge in [0.25, 0.3) is 0 Å². The summed E-state index contributed by atoms with van der Waals surface area (Å²) in [5, 5.41) is 17.9. The summed E-state index contributed by atoms with van der Waals surface area (Å²) in [4.78, 5) is 17.4. The van der Waals surface area contributed by atoms with Gasteiger partial charge in [-0.15, -0.1) is 5.11 Å². The largest absolute Gasteiger partial charge is 0.480 e. The molecule has 1 unspecified atom stereocenters. The normalized spacial score (nSPS) is 18.2. The van der Waals surface area contributed by atoms with Gasteiger partial charge in [-0.3, -0.25) is 9.69 Å². The maximum absolute atomic E-state index is 11.5. The van der Waals surface area contributed by atoms with Crippen molar-refractivity contribution in [2.75, 3.05) is 18.0 Å². The van der Waals surface area contributed by atoms with Gasteiger partial charge >= 0.3 is 5.97 Å². The fourth-order valence-corrected chi connectivity index (χ4v) is 3.10. The van der Waals surface area contributed by atoms with E-state index >= 15 is 0 Å². The van der Waals surface area contributed by atoms with Gasteiger partial charge in [0.15, 0.2) is 5.82 Å². The lowest BCUT2D eigenvalue weighted by Gasteiger charge is -2.33. The molecule has 0 bridgehead atoms. The van der Waals surface area contributed by atoms with Crippen LogP contribution >= 0.6 is 0 Å². The topological polar surface area (TPSA) is 130 Å².